The van der Waals surface area contributed by atoms with Gasteiger partial charge in [-0.3, -0.25) is 0 Å². The lowest BCUT2D eigenvalue weighted by atomic mass is 9.97. The van der Waals surface area contributed by atoms with E-state index in [1.807, 2.05) is 28.8 Å². The number of rotatable bonds is 2. The van der Waals surface area contributed by atoms with Crippen molar-refractivity contribution in [2.75, 3.05) is 0 Å². The largest absolute Gasteiger partial charge is 0.385 e. The summed E-state index contributed by atoms with van der Waals surface area (Å²) >= 11 is 0. The molecule has 4 nitrogen and oxygen atoms in total. The number of nitrogens with zero attached hydrogens (tertiary/aromatic N) is 2. The fraction of sp³-hybridized carbons (Fsp3) is 0.364. The molecule has 0 radical (unpaired) electrons. The van der Waals surface area contributed by atoms with Gasteiger partial charge >= 0.3 is 0 Å². The van der Waals surface area contributed by atoms with Crippen LogP contribution in [0.1, 0.15) is 25.6 Å². The Morgan fingerprint density at radius 2 is 2.20 bits per heavy atom. The van der Waals surface area contributed by atoms with Crippen molar-refractivity contribution in [2.24, 2.45) is 5.73 Å². The maximum atomic E-state index is 9.96. The maximum absolute atomic E-state index is 9.96. The molecule has 1 atom stereocenters. The van der Waals surface area contributed by atoms with Crippen LogP contribution in [0, 0.1) is 0 Å². The highest BCUT2D eigenvalue weighted by molar-refractivity contribution is 5.40. The van der Waals surface area contributed by atoms with Crippen molar-refractivity contribution in [2.45, 2.75) is 25.5 Å². The molecule has 0 bridgehead atoms. The number of fused-ring (bicyclic) bond motifs is 1. The van der Waals surface area contributed by atoms with Crippen LogP contribution in [0.3, 0.4) is 0 Å². The van der Waals surface area contributed by atoms with E-state index in [0.717, 1.165) is 5.65 Å². The third kappa shape index (κ3) is 1.86. The number of hydrogen-bond acceptors (Lipinski definition) is 3. The lowest BCUT2D eigenvalue weighted by molar-refractivity contribution is 0.101. The minimum absolute atomic E-state index is 0.605. The van der Waals surface area contributed by atoms with Crippen molar-refractivity contribution in [1.82, 2.24) is 9.38 Å². The van der Waals surface area contributed by atoms with Crippen LogP contribution in [0.2, 0.25) is 0 Å². The molecule has 4 heteroatoms. The average Bonchev–Trinajstić information content (AvgIpc) is 2.58. The fourth-order valence-electron chi connectivity index (χ4n) is 1.47. The molecule has 0 aliphatic carbocycles. The Morgan fingerprint density at radius 3 is 2.80 bits per heavy atom. The van der Waals surface area contributed by atoms with Gasteiger partial charge in [-0.15, -0.1) is 0 Å². The number of hydrogen-bond donors (Lipinski definition) is 2. The Hall–Kier alpha value is -1.39. The van der Waals surface area contributed by atoms with Crippen LogP contribution >= 0.6 is 0 Å². The summed E-state index contributed by atoms with van der Waals surface area (Å²) in [7, 11) is 0. The predicted molar refractivity (Wildman–Crippen MR) is 58.4 cm³/mol. The van der Waals surface area contributed by atoms with Crippen LogP contribution < -0.4 is 5.73 Å². The third-order valence-corrected chi connectivity index (χ3v) is 2.37. The number of pyridine rings is 1. The van der Waals surface area contributed by atoms with Gasteiger partial charge in [0.1, 0.15) is 11.8 Å². The molecular formula is C11H15N3O. The van der Waals surface area contributed by atoms with Crippen LogP contribution in [-0.4, -0.2) is 20.0 Å². The van der Waals surface area contributed by atoms with Gasteiger partial charge < -0.3 is 15.2 Å². The molecule has 2 rings (SSSR count). The van der Waals surface area contributed by atoms with E-state index in [2.05, 4.69) is 4.98 Å². The minimum atomic E-state index is -0.752. The van der Waals surface area contributed by atoms with Gasteiger partial charge in [0.15, 0.2) is 0 Å². The van der Waals surface area contributed by atoms with Gasteiger partial charge in [-0.1, -0.05) is 6.07 Å². The van der Waals surface area contributed by atoms with E-state index in [9.17, 15) is 5.11 Å². The van der Waals surface area contributed by atoms with Crippen molar-refractivity contribution in [3.05, 3.63) is 36.3 Å². The van der Waals surface area contributed by atoms with Gasteiger partial charge in [0.25, 0.3) is 0 Å². The van der Waals surface area contributed by atoms with Crippen LogP contribution in [0.4, 0.5) is 0 Å². The molecule has 0 aliphatic heterocycles. The van der Waals surface area contributed by atoms with Crippen LogP contribution in [0.25, 0.3) is 5.65 Å². The molecule has 0 saturated carbocycles. The molecule has 2 aromatic rings. The number of aliphatic hydroxyl groups excluding tert-OH is 1. The van der Waals surface area contributed by atoms with Gasteiger partial charge in [0, 0.05) is 17.9 Å². The Kier molecular flexibility index (Phi) is 2.25. The highest BCUT2D eigenvalue weighted by Crippen LogP contribution is 2.22. The molecule has 0 spiro atoms. The standard InChI is InChI=1S/C11H15N3O/c1-11(2,12)10(15)8-7-14-6-4-3-5-9(14)13-8/h3-7,10,15H,12H2,1-2H3. The topological polar surface area (TPSA) is 63.5 Å². The molecule has 3 N–H and O–H groups in total. The molecule has 15 heavy (non-hydrogen) atoms. The summed E-state index contributed by atoms with van der Waals surface area (Å²) in [6, 6.07) is 5.71. The normalized spacial score (nSPS) is 14.4. The smallest absolute Gasteiger partial charge is 0.137 e. The van der Waals surface area contributed by atoms with Crippen molar-refractivity contribution in [3.8, 4) is 0 Å². The zero-order valence-corrected chi connectivity index (χ0v) is 8.88. The Labute approximate surface area is 88.4 Å². The maximum Gasteiger partial charge on any atom is 0.137 e. The van der Waals surface area contributed by atoms with E-state index >= 15 is 0 Å². The summed E-state index contributed by atoms with van der Waals surface area (Å²) < 4.78 is 1.87. The van der Waals surface area contributed by atoms with E-state index in [-0.39, 0.29) is 0 Å². The summed E-state index contributed by atoms with van der Waals surface area (Å²) in [6.07, 6.45) is 2.94. The fourth-order valence-corrected chi connectivity index (χ4v) is 1.47. The number of aliphatic hydroxyl groups is 1. The van der Waals surface area contributed by atoms with Gasteiger partial charge in [-0.05, 0) is 26.0 Å². The highest BCUT2D eigenvalue weighted by atomic mass is 16.3. The second-order valence-corrected chi connectivity index (χ2v) is 4.36. The molecule has 0 aromatic carbocycles. The predicted octanol–water partition coefficient (Wildman–Crippen LogP) is 1.10. The summed E-state index contributed by atoms with van der Waals surface area (Å²) in [5, 5.41) is 9.96. The third-order valence-electron chi connectivity index (χ3n) is 2.37. The monoisotopic (exact) mass is 205 g/mol. The highest BCUT2D eigenvalue weighted by Gasteiger charge is 2.26. The summed E-state index contributed by atoms with van der Waals surface area (Å²) in [4.78, 5) is 4.31. The van der Waals surface area contributed by atoms with Crippen molar-refractivity contribution in [3.63, 3.8) is 0 Å². The van der Waals surface area contributed by atoms with Crippen LogP contribution in [-0.2, 0) is 0 Å². The molecule has 0 fully saturated rings. The summed E-state index contributed by atoms with van der Waals surface area (Å²) in [5.74, 6) is 0. The Balaban J connectivity index is 2.45. The van der Waals surface area contributed by atoms with Crippen molar-refractivity contribution >= 4 is 5.65 Å². The quantitative estimate of drug-likeness (QED) is 0.771. The number of imidazole rings is 1. The Bertz CT molecular complexity index is 437. The molecule has 0 aliphatic rings. The first-order chi connectivity index (χ1) is 6.98. The van der Waals surface area contributed by atoms with Crippen molar-refractivity contribution < 1.29 is 5.11 Å². The van der Waals surface area contributed by atoms with E-state index in [4.69, 9.17) is 5.73 Å². The lowest BCUT2D eigenvalue weighted by Crippen LogP contribution is -2.39. The first-order valence-electron chi connectivity index (χ1n) is 4.89. The van der Waals surface area contributed by atoms with E-state index in [1.54, 1.807) is 20.0 Å². The van der Waals surface area contributed by atoms with Crippen molar-refractivity contribution in [1.29, 1.82) is 0 Å². The Morgan fingerprint density at radius 1 is 1.47 bits per heavy atom. The number of aromatic nitrogens is 2. The molecular weight excluding hydrogens is 190 g/mol. The summed E-state index contributed by atoms with van der Waals surface area (Å²) in [5.41, 5.74) is 6.57. The van der Waals surface area contributed by atoms with Crippen LogP contribution in [0.15, 0.2) is 30.6 Å². The van der Waals surface area contributed by atoms with Gasteiger partial charge in [-0.25, -0.2) is 4.98 Å². The molecule has 1 unspecified atom stereocenters. The van der Waals surface area contributed by atoms with Gasteiger partial charge in [-0.2, -0.15) is 0 Å². The van der Waals surface area contributed by atoms with Gasteiger partial charge in [0.2, 0.25) is 0 Å². The zero-order chi connectivity index (χ0) is 11.1. The minimum Gasteiger partial charge on any atom is -0.385 e. The summed E-state index contributed by atoms with van der Waals surface area (Å²) in [6.45, 7) is 3.56. The molecule has 80 valence electrons. The van der Waals surface area contributed by atoms with E-state index in [0.29, 0.717) is 5.69 Å². The molecule has 2 heterocycles. The molecule has 0 saturated heterocycles. The van der Waals surface area contributed by atoms with Crippen LogP contribution in [0.5, 0.6) is 0 Å². The molecule has 0 amide bonds. The SMILES string of the molecule is CC(C)(N)C(O)c1cn2ccccc2n1. The zero-order valence-electron chi connectivity index (χ0n) is 8.88. The lowest BCUT2D eigenvalue weighted by Gasteiger charge is -2.23. The van der Waals surface area contributed by atoms with E-state index in [1.165, 1.54) is 0 Å². The second-order valence-electron chi connectivity index (χ2n) is 4.36. The second kappa shape index (κ2) is 3.32. The van der Waals surface area contributed by atoms with Gasteiger partial charge in [0.05, 0.1) is 5.69 Å². The number of nitrogens with two attached hydrogens (primary N) is 1. The van der Waals surface area contributed by atoms with E-state index < -0.39 is 11.6 Å². The average molecular weight is 205 g/mol. The first kappa shape index (κ1) is 10.1. The first-order valence-corrected chi connectivity index (χ1v) is 4.89. The molecule has 2 aromatic heterocycles.